The van der Waals surface area contributed by atoms with Crippen molar-refractivity contribution in [2.45, 2.75) is 50.6 Å². The van der Waals surface area contributed by atoms with Crippen molar-refractivity contribution in [3.63, 3.8) is 0 Å². The van der Waals surface area contributed by atoms with Crippen LogP contribution >= 0.6 is 0 Å². The number of pyridine rings is 1. The molecule has 0 amide bonds. The van der Waals surface area contributed by atoms with E-state index >= 15 is 0 Å². The summed E-state index contributed by atoms with van der Waals surface area (Å²) in [6.07, 6.45) is 6.33. The quantitative estimate of drug-likeness (QED) is 0.494. The van der Waals surface area contributed by atoms with Gasteiger partial charge in [-0.15, -0.1) is 0 Å². The normalized spacial score (nSPS) is 19.4. The Hall–Kier alpha value is -3.28. The molecule has 1 aromatic carbocycles. The molecule has 2 aromatic heterocycles. The van der Waals surface area contributed by atoms with E-state index < -0.39 is 10.0 Å². The zero-order valence-electron chi connectivity index (χ0n) is 22.6. The van der Waals surface area contributed by atoms with E-state index in [0.717, 1.165) is 47.7 Å². The van der Waals surface area contributed by atoms with Crippen molar-refractivity contribution in [1.29, 1.82) is 0 Å². The van der Waals surface area contributed by atoms with Crippen LogP contribution in [0.5, 0.6) is 5.75 Å². The van der Waals surface area contributed by atoms with E-state index in [4.69, 9.17) is 15.5 Å². The van der Waals surface area contributed by atoms with Crippen molar-refractivity contribution in [3.8, 4) is 16.9 Å². The van der Waals surface area contributed by atoms with E-state index in [0.29, 0.717) is 38.3 Å². The van der Waals surface area contributed by atoms with Gasteiger partial charge in [-0.25, -0.2) is 23.4 Å². The second kappa shape index (κ2) is 9.72. The first-order chi connectivity index (χ1) is 18.6. The van der Waals surface area contributed by atoms with Gasteiger partial charge in [0.15, 0.2) is 0 Å². The summed E-state index contributed by atoms with van der Waals surface area (Å²) in [5, 5.41) is 3.10. The standard InChI is InChI=1S/C28H35N7O3S/c1-28(2)7-6-23-22(12-28)27(33-17-32-23)34-8-9-38-24-5-4-18(10-20(24)14-34)19-11-25(26(29)31-13-19)39(36,37)35-15-21(16-35)30-3/h4-5,10-11,13,17,21,30H,6-9,12,14-16H2,1-3H3,(H2,29,31). The Balaban J connectivity index is 1.32. The molecule has 4 heterocycles. The second-order valence-corrected chi connectivity index (χ2v) is 13.4. The number of fused-ring (bicyclic) bond motifs is 2. The van der Waals surface area contributed by atoms with E-state index in [2.05, 4.69) is 40.1 Å². The van der Waals surface area contributed by atoms with Crippen LogP contribution in [0.4, 0.5) is 11.6 Å². The number of aryl methyl sites for hydroxylation is 1. The molecule has 0 atom stereocenters. The molecular weight excluding hydrogens is 514 g/mol. The van der Waals surface area contributed by atoms with Gasteiger partial charge in [-0.05, 0) is 55.5 Å². The highest BCUT2D eigenvalue weighted by atomic mass is 32.2. The lowest BCUT2D eigenvalue weighted by molar-refractivity contribution is 0.237. The van der Waals surface area contributed by atoms with E-state index in [1.165, 1.54) is 9.87 Å². The number of sulfonamides is 1. The molecule has 206 valence electrons. The minimum atomic E-state index is -3.73. The number of hydrogen-bond donors (Lipinski definition) is 2. The summed E-state index contributed by atoms with van der Waals surface area (Å²) in [5.41, 5.74) is 11.2. The van der Waals surface area contributed by atoms with Crippen LogP contribution in [0, 0.1) is 5.41 Å². The molecule has 10 nitrogen and oxygen atoms in total. The number of ether oxygens (including phenoxy) is 1. The fourth-order valence-corrected chi connectivity index (χ4v) is 7.28. The molecule has 2 aliphatic heterocycles. The predicted octanol–water partition coefficient (Wildman–Crippen LogP) is 2.63. The summed E-state index contributed by atoms with van der Waals surface area (Å²) < 4.78 is 34.1. The molecule has 39 heavy (non-hydrogen) atoms. The van der Waals surface area contributed by atoms with Gasteiger partial charge >= 0.3 is 0 Å². The van der Waals surface area contributed by atoms with E-state index in [-0.39, 0.29) is 22.2 Å². The molecular formula is C28H35N7O3S. The number of benzene rings is 1. The number of aromatic nitrogens is 3. The highest BCUT2D eigenvalue weighted by molar-refractivity contribution is 7.89. The highest BCUT2D eigenvalue weighted by Gasteiger charge is 2.37. The smallest absolute Gasteiger partial charge is 0.246 e. The number of nitrogen functional groups attached to an aromatic ring is 1. The van der Waals surface area contributed by atoms with Gasteiger partial charge in [0.2, 0.25) is 10.0 Å². The summed E-state index contributed by atoms with van der Waals surface area (Å²) in [4.78, 5) is 15.9. The molecule has 1 aliphatic carbocycles. The Morgan fingerprint density at radius 2 is 1.95 bits per heavy atom. The first kappa shape index (κ1) is 26.0. The lowest BCUT2D eigenvalue weighted by Gasteiger charge is -2.37. The van der Waals surface area contributed by atoms with Crippen LogP contribution in [0.25, 0.3) is 11.1 Å². The Morgan fingerprint density at radius 1 is 1.13 bits per heavy atom. The molecule has 0 saturated carbocycles. The molecule has 1 saturated heterocycles. The van der Waals surface area contributed by atoms with Crippen LogP contribution in [-0.4, -0.2) is 67.0 Å². The maximum atomic E-state index is 13.3. The van der Waals surface area contributed by atoms with Crippen molar-refractivity contribution < 1.29 is 13.2 Å². The van der Waals surface area contributed by atoms with Crippen LogP contribution in [0.3, 0.4) is 0 Å². The second-order valence-electron chi connectivity index (χ2n) is 11.5. The predicted molar refractivity (Wildman–Crippen MR) is 150 cm³/mol. The zero-order chi connectivity index (χ0) is 27.4. The van der Waals surface area contributed by atoms with Crippen molar-refractivity contribution in [1.82, 2.24) is 24.6 Å². The Labute approximate surface area is 229 Å². The minimum absolute atomic E-state index is 0.00684. The van der Waals surface area contributed by atoms with Crippen molar-refractivity contribution in [3.05, 3.63) is 53.6 Å². The van der Waals surface area contributed by atoms with Gasteiger partial charge in [-0.3, -0.25) is 0 Å². The first-order valence-corrected chi connectivity index (χ1v) is 14.9. The summed E-state index contributed by atoms with van der Waals surface area (Å²) in [5.74, 6) is 1.80. The van der Waals surface area contributed by atoms with Gasteiger partial charge in [-0.2, -0.15) is 4.31 Å². The highest BCUT2D eigenvalue weighted by Crippen LogP contribution is 2.39. The maximum absolute atomic E-state index is 13.3. The number of likely N-dealkylation sites (N-methyl/N-ethyl adjacent to an activating group) is 1. The van der Waals surface area contributed by atoms with Crippen LogP contribution in [-0.2, 0) is 29.4 Å². The lowest BCUT2D eigenvalue weighted by Crippen LogP contribution is -2.58. The summed E-state index contributed by atoms with van der Waals surface area (Å²) >= 11 is 0. The monoisotopic (exact) mass is 549 g/mol. The van der Waals surface area contributed by atoms with Gasteiger partial charge in [0.25, 0.3) is 0 Å². The summed E-state index contributed by atoms with van der Waals surface area (Å²) in [7, 11) is -1.91. The average Bonchev–Trinajstić information content (AvgIpc) is 3.09. The third-order valence-electron chi connectivity index (χ3n) is 8.13. The topological polar surface area (TPSA) is 127 Å². The lowest BCUT2D eigenvalue weighted by atomic mass is 9.76. The van der Waals surface area contributed by atoms with Gasteiger partial charge < -0.3 is 20.7 Å². The van der Waals surface area contributed by atoms with E-state index in [1.54, 1.807) is 18.6 Å². The number of nitrogens with two attached hydrogens (primary N) is 1. The number of anilines is 2. The number of rotatable bonds is 5. The van der Waals surface area contributed by atoms with Crippen molar-refractivity contribution in [2.24, 2.45) is 5.41 Å². The van der Waals surface area contributed by atoms with Crippen LogP contribution in [0.2, 0.25) is 0 Å². The van der Waals surface area contributed by atoms with Gasteiger partial charge in [-0.1, -0.05) is 19.9 Å². The molecule has 3 aromatic rings. The van der Waals surface area contributed by atoms with Crippen molar-refractivity contribution in [2.75, 3.05) is 43.9 Å². The molecule has 0 bridgehead atoms. The molecule has 0 radical (unpaired) electrons. The van der Waals surface area contributed by atoms with E-state index in [9.17, 15) is 8.42 Å². The van der Waals surface area contributed by atoms with Crippen LogP contribution in [0.15, 0.2) is 41.7 Å². The molecule has 0 unspecified atom stereocenters. The molecule has 11 heteroatoms. The third kappa shape index (κ3) is 4.83. The largest absolute Gasteiger partial charge is 0.491 e. The molecule has 3 N–H and O–H groups in total. The van der Waals surface area contributed by atoms with Gasteiger partial charge in [0.05, 0.1) is 6.54 Å². The Bertz CT molecular complexity index is 1520. The Morgan fingerprint density at radius 3 is 2.74 bits per heavy atom. The number of hydrogen-bond acceptors (Lipinski definition) is 9. The minimum Gasteiger partial charge on any atom is -0.491 e. The van der Waals surface area contributed by atoms with Crippen LogP contribution < -0.4 is 20.7 Å². The third-order valence-corrected chi connectivity index (χ3v) is 10.00. The fraction of sp³-hybridized carbons (Fsp3) is 0.464. The molecule has 6 rings (SSSR count). The van der Waals surface area contributed by atoms with Gasteiger partial charge in [0, 0.05) is 54.3 Å². The zero-order valence-corrected chi connectivity index (χ0v) is 23.5. The number of nitrogens with one attached hydrogen (secondary N) is 1. The summed E-state index contributed by atoms with van der Waals surface area (Å²) in [6.45, 7) is 7.32. The van der Waals surface area contributed by atoms with Crippen molar-refractivity contribution >= 4 is 21.7 Å². The molecule has 1 fully saturated rings. The van der Waals surface area contributed by atoms with Crippen LogP contribution in [0.1, 0.15) is 37.1 Å². The first-order valence-electron chi connectivity index (χ1n) is 13.4. The average molecular weight is 550 g/mol. The van der Waals surface area contributed by atoms with Gasteiger partial charge in [0.1, 0.15) is 35.2 Å². The van der Waals surface area contributed by atoms with E-state index in [1.807, 2.05) is 19.2 Å². The SMILES string of the molecule is CNC1CN(S(=O)(=O)c2cc(-c3ccc4c(c3)CN(c3ncnc5c3CC(C)(C)CC5)CCO4)cnc2N)C1. The maximum Gasteiger partial charge on any atom is 0.246 e. The molecule has 0 spiro atoms. The number of nitrogens with zero attached hydrogens (tertiary/aromatic N) is 5. The fourth-order valence-electron chi connectivity index (χ4n) is 5.66. The summed E-state index contributed by atoms with van der Waals surface area (Å²) in [6, 6.07) is 7.72. The molecule has 3 aliphatic rings. The Kier molecular flexibility index (Phi) is 6.47.